The molecule has 0 N–H and O–H groups in total. The van der Waals surface area contributed by atoms with Crippen LogP contribution in [0.1, 0.15) is 11.3 Å². The Bertz CT molecular complexity index is 1690. The topological polar surface area (TPSA) is 96.4 Å². The van der Waals surface area contributed by atoms with Crippen LogP contribution in [0.2, 0.25) is 5.15 Å². The van der Waals surface area contributed by atoms with Crippen LogP contribution in [0.3, 0.4) is 0 Å². The normalized spacial score (nSPS) is 11.4. The average Bonchev–Trinajstić information content (AvgIpc) is 3.49. The van der Waals surface area contributed by atoms with Gasteiger partial charge in [-0.05, 0) is 42.8 Å². The first kappa shape index (κ1) is 21.2. The first-order valence-corrected chi connectivity index (χ1v) is 11.3. The van der Waals surface area contributed by atoms with Gasteiger partial charge in [0.2, 0.25) is 0 Å². The fourth-order valence-electron chi connectivity index (χ4n) is 3.99. The fourth-order valence-corrected chi connectivity index (χ4v) is 4.19. The summed E-state index contributed by atoms with van der Waals surface area (Å²) in [4.78, 5) is 23.2. The maximum Gasteiger partial charge on any atom is 0.186 e. The van der Waals surface area contributed by atoms with Crippen molar-refractivity contribution in [3.05, 3.63) is 83.7 Å². The van der Waals surface area contributed by atoms with Crippen molar-refractivity contribution in [2.45, 2.75) is 13.5 Å². The quantitative estimate of drug-likeness (QED) is 0.330. The van der Waals surface area contributed by atoms with Crippen LogP contribution in [0.5, 0.6) is 5.75 Å². The zero-order valence-electron chi connectivity index (χ0n) is 18.9. The van der Waals surface area contributed by atoms with E-state index in [0.717, 1.165) is 27.9 Å². The van der Waals surface area contributed by atoms with Crippen LogP contribution in [0, 0.1) is 6.92 Å². The van der Waals surface area contributed by atoms with Gasteiger partial charge in [-0.1, -0.05) is 29.8 Å². The minimum atomic E-state index is 0.379. The molecule has 0 radical (unpaired) electrons. The van der Waals surface area contributed by atoms with Gasteiger partial charge >= 0.3 is 0 Å². The minimum Gasteiger partial charge on any atom is -0.497 e. The van der Waals surface area contributed by atoms with Crippen molar-refractivity contribution < 1.29 is 4.74 Å². The third-order valence-corrected chi connectivity index (χ3v) is 6.03. The highest BCUT2D eigenvalue weighted by atomic mass is 35.5. The molecular weight excluding hydrogens is 464 g/mol. The Hall–Kier alpha value is -4.37. The second-order valence-corrected chi connectivity index (χ2v) is 8.38. The molecule has 1 aromatic carbocycles. The third-order valence-electron chi connectivity index (χ3n) is 5.72. The molecule has 0 saturated carbocycles. The molecule has 35 heavy (non-hydrogen) atoms. The van der Waals surface area contributed by atoms with Crippen LogP contribution in [-0.2, 0) is 6.54 Å². The number of nitrogens with zero attached hydrogens (tertiary/aromatic N) is 8. The van der Waals surface area contributed by atoms with Crippen molar-refractivity contribution in [3.63, 3.8) is 0 Å². The van der Waals surface area contributed by atoms with E-state index in [0.29, 0.717) is 40.2 Å². The number of rotatable bonds is 5. The number of fused-ring (bicyclic) bond motifs is 2. The fraction of sp³-hybridized carbons (Fsp3) is 0.120. The highest BCUT2D eigenvalue weighted by Gasteiger charge is 2.19. The molecule has 10 heteroatoms. The van der Waals surface area contributed by atoms with Crippen molar-refractivity contribution in [3.8, 4) is 23.1 Å². The second kappa shape index (κ2) is 8.44. The first-order valence-electron chi connectivity index (χ1n) is 10.9. The number of methoxy groups -OCH3 is 1. The Balaban J connectivity index is 1.56. The number of benzene rings is 1. The zero-order valence-corrected chi connectivity index (χ0v) is 19.7. The largest absolute Gasteiger partial charge is 0.497 e. The molecular formula is C25H19ClN8O. The Morgan fingerprint density at radius 1 is 0.971 bits per heavy atom. The van der Waals surface area contributed by atoms with E-state index in [-0.39, 0.29) is 0 Å². The maximum absolute atomic E-state index is 6.30. The van der Waals surface area contributed by atoms with Gasteiger partial charge in [-0.2, -0.15) is 5.10 Å². The average molecular weight is 483 g/mol. The Morgan fingerprint density at radius 3 is 2.63 bits per heavy atom. The van der Waals surface area contributed by atoms with E-state index in [9.17, 15) is 0 Å². The molecule has 5 heterocycles. The summed E-state index contributed by atoms with van der Waals surface area (Å²) < 4.78 is 8.99. The monoisotopic (exact) mass is 482 g/mol. The number of hydrogen-bond donors (Lipinski definition) is 0. The van der Waals surface area contributed by atoms with E-state index in [1.54, 1.807) is 30.5 Å². The molecule has 0 atom stereocenters. The van der Waals surface area contributed by atoms with Gasteiger partial charge in [0.05, 0.1) is 37.1 Å². The molecule has 9 nitrogen and oxygen atoms in total. The lowest BCUT2D eigenvalue weighted by molar-refractivity contribution is 0.414. The third kappa shape index (κ3) is 3.75. The molecule has 0 aliphatic rings. The molecule has 0 fully saturated rings. The summed E-state index contributed by atoms with van der Waals surface area (Å²) in [5.41, 5.74) is 4.70. The van der Waals surface area contributed by atoms with Crippen molar-refractivity contribution in [1.29, 1.82) is 0 Å². The van der Waals surface area contributed by atoms with E-state index in [1.807, 2.05) is 60.0 Å². The van der Waals surface area contributed by atoms with Crippen molar-refractivity contribution >= 4 is 33.7 Å². The Kier molecular flexibility index (Phi) is 5.11. The van der Waals surface area contributed by atoms with Gasteiger partial charge in [-0.25, -0.2) is 29.6 Å². The molecule has 5 aromatic heterocycles. The van der Waals surface area contributed by atoms with Crippen molar-refractivity contribution in [2.24, 2.45) is 0 Å². The van der Waals surface area contributed by atoms with E-state index < -0.39 is 0 Å². The van der Waals surface area contributed by atoms with Gasteiger partial charge in [0.25, 0.3) is 0 Å². The lowest BCUT2D eigenvalue weighted by atomic mass is 10.2. The lowest BCUT2D eigenvalue weighted by Gasteiger charge is -2.09. The van der Waals surface area contributed by atoms with Gasteiger partial charge in [-0.15, -0.1) is 0 Å². The van der Waals surface area contributed by atoms with Crippen LogP contribution in [0.4, 0.5) is 0 Å². The summed E-state index contributed by atoms with van der Waals surface area (Å²) in [6.45, 7) is 2.51. The van der Waals surface area contributed by atoms with Gasteiger partial charge in [-0.3, -0.25) is 0 Å². The minimum absolute atomic E-state index is 0.379. The zero-order chi connectivity index (χ0) is 23.9. The van der Waals surface area contributed by atoms with E-state index in [4.69, 9.17) is 26.3 Å². The van der Waals surface area contributed by atoms with Gasteiger partial charge in [0, 0.05) is 11.9 Å². The van der Waals surface area contributed by atoms with Gasteiger partial charge < -0.3 is 9.30 Å². The molecule has 0 saturated heterocycles. The van der Waals surface area contributed by atoms with E-state index >= 15 is 0 Å². The van der Waals surface area contributed by atoms with Gasteiger partial charge in [0.1, 0.15) is 16.6 Å². The number of halogens is 1. The van der Waals surface area contributed by atoms with E-state index in [2.05, 4.69) is 20.1 Å². The van der Waals surface area contributed by atoms with E-state index in [1.165, 1.54) is 0 Å². The summed E-state index contributed by atoms with van der Waals surface area (Å²) in [5.74, 6) is 1.83. The summed E-state index contributed by atoms with van der Waals surface area (Å²) >= 11 is 6.30. The predicted molar refractivity (Wildman–Crippen MR) is 133 cm³/mol. The Labute approximate surface area is 205 Å². The summed E-state index contributed by atoms with van der Waals surface area (Å²) in [6, 6.07) is 15.5. The lowest BCUT2D eigenvalue weighted by Crippen LogP contribution is -2.06. The molecule has 0 aliphatic carbocycles. The van der Waals surface area contributed by atoms with Crippen LogP contribution in [-0.4, -0.2) is 46.4 Å². The standard InChI is InChI=1S/C25H19ClN8O/c1-15-4-3-5-19(30-15)23-31-24-21(28-14-33(24)13-16-6-8-17(35-2)9-7-16)25(32-23)34-20-10-11-27-22(26)18(20)12-29-34/h3-12,14H,13H2,1-2H3. The Morgan fingerprint density at radius 2 is 1.83 bits per heavy atom. The molecule has 0 aliphatic heterocycles. The summed E-state index contributed by atoms with van der Waals surface area (Å²) in [6.07, 6.45) is 5.09. The summed E-state index contributed by atoms with van der Waals surface area (Å²) in [7, 11) is 1.65. The number of aromatic nitrogens is 8. The van der Waals surface area contributed by atoms with Crippen LogP contribution in [0.15, 0.2) is 67.3 Å². The molecule has 0 amide bonds. The molecule has 0 unspecified atom stereocenters. The van der Waals surface area contributed by atoms with Crippen molar-refractivity contribution in [2.75, 3.05) is 7.11 Å². The number of hydrogen-bond acceptors (Lipinski definition) is 7. The second-order valence-electron chi connectivity index (χ2n) is 8.02. The highest BCUT2D eigenvalue weighted by molar-refractivity contribution is 6.34. The van der Waals surface area contributed by atoms with Crippen LogP contribution in [0.25, 0.3) is 39.4 Å². The first-order chi connectivity index (χ1) is 17.1. The van der Waals surface area contributed by atoms with Crippen molar-refractivity contribution in [1.82, 2.24) is 39.3 Å². The van der Waals surface area contributed by atoms with Gasteiger partial charge in [0.15, 0.2) is 22.8 Å². The number of aryl methyl sites for hydroxylation is 1. The smallest absolute Gasteiger partial charge is 0.186 e. The molecule has 6 rings (SSSR count). The van der Waals surface area contributed by atoms with Crippen LogP contribution < -0.4 is 4.74 Å². The number of pyridine rings is 2. The highest BCUT2D eigenvalue weighted by Crippen LogP contribution is 2.28. The predicted octanol–water partition coefficient (Wildman–Crippen LogP) is 4.64. The molecule has 6 aromatic rings. The number of imidazole rings is 1. The van der Waals surface area contributed by atoms with Crippen LogP contribution >= 0.6 is 11.6 Å². The number of ether oxygens (including phenoxy) is 1. The molecule has 0 bridgehead atoms. The molecule has 0 spiro atoms. The summed E-state index contributed by atoms with van der Waals surface area (Å²) in [5, 5.41) is 5.67. The maximum atomic E-state index is 6.30. The molecule has 172 valence electrons. The SMILES string of the molecule is COc1ccc(Cn2cnc3c(-n4ncc5c(Cl)nccc54)nc(-c4cccc(C)n4)nc32)cc1.